The summed E-state index contributed by atoms with van der Waals surface area (Å²) in [5.74, 6) is 0. The number of nitrogens with one attached hydrogen (secondary N) is 2. The van der Waals surface area contributed by atoms with E-state index >= 15 is 0 Å². The van der Waals surface area contributed by atoms with E-state index in [1.165, 1.54) is 25.7 Å². The van der Waals surface area contributed by atoms with E-state index < -0.39 is 0 Å². The number of anilines is 1. The Balaban J connectivity index is 1.89. The molecule has 2 N–H and O–H groups in total. The number of hydrogen-bond donors (Lipinski definition) is 2. The number of carbonyl (C=O) groups excluding carboxylic acids is 1. The van der Waals surface area contributed by atoms with Crippen LogP contribution >= 0.6 is 15.9 Å². The molecule has 1 aromatic carbocycles. The van der Waals surface area contributed by atoms with Gasteiger partial charge in [0.25, 0.3) is 0 Å². The molecule has 1 saturated carbocycles. The van der Waals surface area contributed by atoms with E-state index in [0.717, 1.165) is 28.6 Å². The number of rotatable bonds is 2. The van der Waals surface area contributed by atoms with Gasteiger partial charge in [0.2, 0.25) is 0 Å². The van der Waals surface area contributed by atoms with Gasteiger partial charge in [-0.15, -0.1) is 0 Å². The van der Waals surface area contributed by atoms with Crippen molar-refractivity contribution < 1.29 is 4.79 Å². The van der Waals surface area contributed by atoms with Gasteiger partial charge in [-0.2, -0.15) is 0 Å². The molecule has 4 heteroatoms. The summed E-state index contributed by atoms with van der Waals surface area (Å²) in [7, 11) is 0. The first-order valence-corrected chi connectivity index (χ1v) is 7.78. The predicted octanol–water partition coefficient (Wildman–Crippen LogP) is 4.60. The van der Waals surface area contributed by atoms with E-state index in [1.807, 2.05) is 25.1 Å². The average Bonchev–Trinajstić information content (AvgIpc) is 2.61. The van der Waals surface area contributed by atoms with E-state index in [9.17, 15) is 4.79 Å². The molecule has 0 unspecified atom stereocenters. The number of hydrogen-bond acceptors (Lipinski definition) is 1. The topological polar surface area (TPSA) is 41.1 Å². The molecule has 0 heterocycles. The van der Waals surface area contributed by atoms with Gasteiger partial charge in [-0.25, -0.2) is 4.79 Å². The second-order valence-electron chi connectivity index (χ2n) is 5.25. The van der Waals surface area contributed by atoms with Gasteiger partial charge in [0.05, 0.1) is 0 Å². The Morgan fingerprint density at radius 2 is 1.89 bits per heavy atom. The van der Waals surface area contributed by atoms with Crippen molar-refractivity contribution in [3.8, 4) is 0 Å². The minimum atomic E-state index is -0.0858. The molecule has 0 atom stereocenters. The molecule has 0 aliphatic heterocycles. The molecule has 19 heavy (non-hydrogen) atoms. The summed E-state index contributed by atoms with van der Waals surface area (Å²) >= 11 is 3.42. The lowest BCUT2D eigenvalue weighted by molar-refractivity contribution is 0.247. The number of aryl methyl sites for hydroxylation is 1. The van der Waals surface area contributed by atoms with Crippen LogP contribution in [0.4, 0.5) is 10.5 Å². The van der Waals surface area contributed by atoms with Crippen LogP contribution < -0.4 is 10.6 Å². The van der Waals surface area contributed by atoms with Crippen molar-refractivity contribution in [2.45, 2.75) is 51.5 Å². The van der Waals surface area contributed by atoms with Gasteiger partial charge in [0, 0.05) is 16.2 Å². The van der Waals surface area contributed by atoms with Crippen LogP contribution in [0, 0.1) is 6.92 Å². The highest BCUT2D eigenvalue weighted by atomic mass is 79.9. The third-order valence-corrected chi connectivity index (χ3v) is 4.12. The highest BCUT2D eigenvalue weighted by Crippen LogP contribution is 2.20. The second-order valence-corrected chi connectivity index (χ2v) is 6.16. The monoisotopic (exact) mass is 324 g/mol. The van der Waals surface area contributed by atoms with Crippen LogP contribution in [0.2, 0.25) is 0 Å². The van der Waals surface area contributed by atoms with Crippen molar-refractivity contribution in [3.63, 3.8) is 0 Å². The average molecular weight is 325 g/mol. The van der Waals surface area contributed by atoms with Crippen LogP contribution in [-0.2, 0) is 0 Å². The normalized spacial score (nSPS) is 16.7. The molecule has 1 aromatic rings. The zero-order valence-corrected chi connectivity index (χ0v) is 12.9. The van der Waals surface area contributed by atoms with Crippen molar-refractivity contribution >= 4 is 27.6 Å². The van der Waals surface area contributed by atoms with E-state index in [2.05, 4.69) is 26.6 Å². The zero-order chi connectivity index (χ0) is 13.7. The number of halogens is 1. The number of benzene rings is 1. The lowest BCUT2D eigenvalue weighted by Crippen LogP contribution is -2.37. The first kappa shape index (κ1) is 14.4. The molecule has 0 bridgehead atoms. The van der Waals surface area contributed by atoms with E-state index in [-0.39, 0.29) is 6.03 Å². The molecule has 1 aliphatic carbocycles. The Morgan fingerprint density at radius 1 is 1.21 bits per heavy atom. The van der Waals surface area contributed by atoms with Crippen LogP contribution in [0.15, 0.2) is 22.7 Å². The molecule has 1 aliphatic rings. The highest BCUT2D eigenvalue weighted by Gasteiger charge is 2.14. The summed E-state index contributed by atoms with van der Waals surface area (Å²) in [4.78, 5) is 12.0. The van der Waals surface area contributed by atoms with Crippen molar-refractivity contribution in [1.82, 2.24) is 5.32 Å². The molecule has 0 saturated heterocycles. The van der Waals surface area contributed by atoms with Crippen LogP contribution in [0.3, 0.4) is 0 Å². The Bertz CT molecular complexity index is 440. The van der Waals surface area contributed by atoms with E-state index in [1.54, 1.807) is 0 Å². The highest BCUT2D eigenvalue weighted by molar-refractivity contribution is 9.10. The van der Waals surface area contributed by atoms with Crippen LogP contribution in [0.1, 0.15) is 44.1 Å². The Morgan fingerprint density at radius 3 is 2.53 bits per heavy atom. The molecular formula is C15H21BrN2O. The maximum Gasteiger partial charge on any atom is 0.319 e. The van der Waals surface area contributed by atoms with Crippen molar-refractivity contribution in [2.75, 3.05) is 5.32 Å². The summed E-state index contributed by atoms with van der Waals surface area (Å²) in [6, 6.07) is 6.11. The third kappa shape index (κ3) is 4.53. The summed E-state index contributed by atoms with van der Waals surface area (Å²) in [6.07, 6.45) is 7.25. The summed E-state index contributed by atoms with van der Waals surface area (Å²) < 4.78 is 1.03. The first-order valence-electron chi connectivity index (χ1n) is 6.99. The SMILES string of the molecule is Cc1cc(Br)ccc1NC(=O)NC1CCCCCC1. The fraction of sp³-hybridized carbons (Fsp3) is 0.533. The van der Waals surface area contributed by atoms with Crippen molar-refractivity contribution in [1.29, 1.82) is 0 Å². The summed E-state index contributed by atoms with van der Waals surface area (Å²) in [6.45, 7) is 1.99. The molecule has 0 aromatic heterocycles. The quantitative estimate of drug-likeness (QED) is 0.767. The zero-order valence-electron chi connectivity index (χ0n) is 11.3. The molecule has 3 nitrogen and oxygen atoms in total. The molecule has 2 amide bonds. The van der Waals surface area contributed by atoms with Gasteiger partial charge < -0.3 is 10.6 Å². The van der Waals surface area contributed by atoms with Gasteiger partial charge in [-0.05, 0) is 43.5 Å². The molecule has 2 rings (SSSR count). The minimum Gasteiger partial charge on any atom is -0.335 e. The first-order chi connectivity index (χ1) is 9.15. The number of carbonyl (C=O) groups is 1. The molecular weight excluding hydrogens is 304 g/mol. The maximum absolute atomic E-state index is 12.0. The minimum absolute atomic E-state index is 0.0858. The maximum atomic E-state index is 12.0. The summed E-state index contributed by atoms with van der Waals surface area (Å²) in [5.41, 5.74) is 1.93. The van der Waals surface area contributed by atoms with Gasteiger partial charge in [-0.1, -0.05) is 41.6 Å². The Hall–Kier alpha value is -1.03. The van der Waals surface area contributed by atoms with Crippen LogP contribution in [0.25, 0.3) is 0 Å². The molecule has 0 spiro atoms. The predicted molar refractivity (Wildman–Crippen MR) is 82.5 cm³/mol. The molecule has 0 radical (unpaired) electrons. The summed E-state index contributed by atoms with van der Waals surface area (Å²) in [5, 5.41) is 6.02. The fourth-order valence-electron chi connectivity index (χ4n) is 2.53. The van der Waals surface area contributed by atoms with Crippen molar-refractivity contribution in [2.24, 2.45) is 0 Å². The van der Waals surface area contributed by atoms with Crippen LogP contribution in [-0.4, -0.2) is 12.1 Å². The number of amides is 2. The fourth-order valence-corrected chi connectivity index (χ4v) is 3.01. The third-order valence-electron chi connectivity index (χ3n) is 3.63. The van der Waals surface area contributed by atoms with Gasteiger partial charge in [-0.3, -0.25) is 0 Å². The second kappa shape index (κ2) is 6.94. The molecule has 1 fully saturated rings. The largest absolute Gasteiger partial charge is 0.335 e. The lowest BCUT2D eigenvalue weighted by Gasteiger charge is -2.17. The van der Waals surface area contributed by atoms with Gasteiger partial charge >= 0.3 is 6.03 Å². The van der Waals surface area contributed by atoms with Crippen molar-refractivity contribution in [3.05, 3.63) is 28.2 Å². The van der Waals surface area contributed by atoms with E-state index in [4.69, 9.17) is 0 Å². The van der Waals surface area contributed by atoms with Gasteiger partial charge in [0.1, 0.15) is 0 Å². The van der Waals surface area contributed by atoms with Crippen LogP contribution in [0.5, 0.6) is 0 Å². The lowest BCUT2D eigenvalue weighted by atomic mass is 10.1. The standard InChI is InChI=1S/C15H21BrN2O/c1-11-10-12(16)8-9-14(11)18-15(19)17-13-6-4-2-3-5-7-13/h8-10,13H,2-7H2,1H3,(H2,17,18,19). The Labute approximate surface area is 123 Å². The Kier molecular flexibility index (Phi) is 5.25. The number of urea groups is 1. The molecule has 104 valence electrons. The van der Waals surface area contributed by atoms with E-state index in [0.29, 0.717) is 6.04 Å². The van der Waals surface area contributed by atoms with Gasteiger partial charge in [0.15, 0.2) is 0 Å². The smallest absolute Gasteiger partial charge is 0.319 e.